The molecule has 1 heterocycles. The van der Waals surface area contributed by atoms with Crippen LogP contribution in [0.1, 0.15) is 10.4 Å². The summed E-state index contributed by atoms with van der Waals surface area (Å²) in [6, 6.07) is 6.82. The zero-order valence-electron chi connectivity index (χ0n) is 9.41. The summed E-state index contributed by atoms with van der Waals surface area (Å²) in [5, 5.41) is 11.3. The fourth-order valence-electron chi connectivity index (χ4n) is 1.63. The van der Waals surface area contributed by atoms with Crippen molar-refractivity contribution in [2.24, 2.45) is 0 Å². The molecular weight excluding hydrogens is 242 g/mol. The second-order valence-electron chi connectivity index (χ2n) is 3.94. The Hall–Kier alpha value is -1.95. The number of hydrogen-bond donors (Lipinski definition) is 3. The van der Waals surface area contributed by atoms with Crippen molar-refractivity contribution in [2.75, 3.05) is 13.2 Å². The number of aliphatic hydroxyl groups is 1. The van der Waals surface area contributed by atoms with Gasteiger partial charge in [-0.2, -0.15) is 0 Å². The van der Waals surface area contributed by atoms with E-state index in [1.807, 2.05) is 6.07 Å². The number of aromatic amines is 1. The van der Waals surface area contributed by atoms with Crippen molar-refractivity contribution in [3.8, 4) is 0 Å². The summed E-state index contributed by atoms with van der Waals surface area (Å²) in [5.41, 5.74) is 0.897. The summed E-state index contributed by atoms with van der Waals surface area (Å²) in [5.74, 6) is -3.91. The maximum Gasteiger partial charge on any atom is 0.287 e. The van der Waals surface area contributed by atoms with Crippen molar-refractivity contribution >= 4 is 16.8 Å². The molecule has 3 N–H and O–H groups in total. The Kier molecular flexibility index (Phi) is 3.29. The van der Waals surface area contributed by atoms with Crippen LogP contribution in [0.4, 0.5) is 8.78 Å². The molecule has 0 bridgehead atoms. The van der Waals surface area contributed by atoms with Crippen LogP contribution in [-0.4, -0.2) is 35.1 Å². The van der Waals surface area contributed by atoms with Crippen molar-refractivity contribution in [1.29, 1.82) is 0 Å². The number of aliphatic hydroxyl groups excluding tert-OH is 1. The molecular formula is C12H12F2N2O2. The van der Waals surface area contributed by atoms with Crippen LogP contribution < -0.4 is 5.32 Å². The molecule has 0 saturated carbocycles. The second kappa shape index (κ2) is 4.73. The maximum absolute atomic E-state index is 12.8. The van der Waals surface area contributed by atoms with Crippen molar-refractivity contribution < 1.29 is 18.7 Å². The SMILES string of the molecule is O=C(NCC(F)(F)CO)c1cccc2cc[nH]c12. The zero-order chi connectivity index (χ0) is 13.2. The Labute approximate surface area is 102 Å². The second-order valence-corrected chi connectivity index (χ2v) is 3.94. The van der Waals surface area contributed by atoms with Crippen LogP contribution >= 0.6 is 0 Å². The quantitative estimate of drug-likeness (QED) is 0.774. The molecule has 1 aromatic heterocycles. The van der Waals surface area contributed by atoms with E-state index in [9.17, 15) is 13.6 Å². The average Bonchev–Trinajstić information content (AvgIpc) is 2.84. The highest BCUT2D eigenvalue weighted by Crippen LogP contribution is 2.17. The number of fused-ring (bicyclic) bond motifs is 1. The van der Waals surface area contributed by atoms with Gasteiger partial charge in [-0.05, 0) is 12.1 Å². The molecule has 2 rings (SSSR count). The predicted octanol–water partition coefficient (Wildman–Crippen LogP) is 1.53. The number of carbonyl (C=O) groups is 1. The number of amides is 1. The van der Waals surface area contributed by atoms with Gasteiger partial charge in [-0.3, -0.25) is 4.79 Å². The van der Waals surface area contributed by atoms with Crippen LogP contribution in [0.15, 0.2) is 30.5 Å². The first kappa shape index (κ1) is 12.5. The molecule has 2 aromatic rings. The first-order valence-electron chi connectivity index (χ1n) is 5.36. The Morgan fingerprint density at radius 1 is 1.39 bits per heavy atom. The number of H-pyrrole nitrogens is 1. The van der Waals surface area contributed by atoms with E-state index in [-0.39, 0.29) is 0 Å². The summed E-state index contributed by atoms with van der Waals surface area (Å²) in [6.07, 6.45) is 1.67. The van der Waals surface area contributed by atoms with E-state index in [2.05, 4.69) is 10.3 Å². The predicted molar refractivity (Wildman–Crippen MR) is 62.7 cm³/mol. The smallest absolute Gasteiger partial charge is 0.287 e. The van der Waals surface area contributed by atoms with Gasteiger partial charge >= 0.3 is 0 Å². The normalized spacial score (nSPS) is 11.7. The van der Waals surface area contributed by atoms with Crippen LogP contribution in [0.5, 0.6) is 0 Å². The Morgan fingerprint density at radius 3 is 2.89 bits per heavy atom. The van der Waals surface area contributed by atoms with E-state index in [1.165, 1.54) is 0 Å². The topological polar surface area (TPSA) is 65.1 Å². The van der Waals surface area contributed by atoms with Gasteiger partial charge in [-0.15, -0.1) is 0 Å². The molecule has 4 nitrogen and oxygen atoms in total. The summed E-state index contributed by atoms with van der Waals surface area (Å²) in [6.45, 7) is -2.18. The highest BCUT2D eigenvalue weighted by Gasteiger charge is 2.28. The first-order valence-corrected chi connectivity index (χ1v) is 5.36. The third-order valence-electron chi connectivity index (χ3n) is 2.57. The zero-order valence-corrected chi connectivity index (χ0v) is 9.41. The highest BCUT2D eigenvalue weighted by atomic mass is 19.3. The van der Waals surface area contributed by atoms with Gasteiger partial charge in [-0.1, -0.05) is 12.1 Å². The lowest BCUT2D eigenvalue weighted by Crippen LogP contribution is -2.39. The Bertz CT molecular complexity index is 566. The number of carbonyl (C=O) groups excluding carboxylic acids is 1. The molecule has 0 aliphatic heterocycles. The highest BCUT2D eigenvalue weighted by molar-refractivity contribution is 6.05. The number of rotatable bonds is 4. The van der Waals surface area contributed by atoms with Gasteiger partial charge in [0.1, 0.15) is 6.61 Å². The molecule has 96 valence electrons. The molecule has 0 atom stereocenters. The van der Waals surface area contributed by atoms with E-state index >= 15 is 0 Å². The van der Waals surface area contributed by atoms with Gasteiger partial charge in [0.2, 0.25) is 0 Å². The standard InChI is InChI=1S/C12H12F2N2O2/c13-12(14,7-17)6-16-11(18)9-3-1-2-8-4-5-15-10(8)9/h1-5,15,17H,6-7H2,(H,16,18). The molecule has 0 aliphatic carbocycles. The van der Waals surface area contributed by atoms with Crippen LogP contribution in [0.3, 0.4) is 0 Å². The first-order chi connectivity index (χ1) is 8.53. The molecule has 0 spiro atoms. The number of benzene rings is 1. The van der Waals surface area contributed by atoms with Gasteiger partial charge in [-0.25, -0.2) is 8.78 Å². The molecule has 0 fully saturated rings. The summed E-state index contributed by atoms with van der Waals surface area (Å²) >= 11 is 0. The number of aromatic nitrogens is 1. The van der Waals surface area contributed by atoms with Gasteiger partial charge in [0.25, 0.3) is 11.8 Å². The molecule has 0 radical (unpaired) electrons. The van der Waals surface area contributed by atoms with Crippen LogP contribution in [0.25, 0.3) is 10.9 Å². The van der Waals surface area contributed by atoms with E-state index in [1.54, 1.807) is 24.4 Å². The van der Waals surface area contributed by atoms with Gasteiger partial charge in [0.15, 0.2) is 0 Å². The third kappa shape index (κ3) is 2.48. The lowest BCUT2D eigenvalue weighted by atomic mass is 10.1. The molecule has 0 unspecified atom stereocenters. The van der Waals surface area contributed by atoms with Crippen LogP contribution in [0, 0.1) is 0 Å². The number of hydrogen-bond acceptors (Lipinski definition) is 2. The molecule has 1 aromatic carbocycles. The van der Waals surface area contributed by atoms with Crippen molar-refractivity contribution in [3.05, 3.63) is 36.0 Å². The minimum absolute atomic E-state index is 0.297. The van der Waals surface area contributed by atoms with Gasteiger partial charge < -0.3 is 15.4 Å². The van der Waals surface area contributed by atoms with Crippen LogP contribution in [0.2, 0.25) is 0 Å². The molecule has 1 amide bonds. The Balaban J connectivity index is 2.17. The van der Waals surface area contributed by atoms with E-state index in [4.69, 9.17) is 5.11 Å². The summed E-state index contributed by atoms with van der Waals surface area (Å²) in [4.78, 5) is 14.7. The van der Waals surface area contributed by atoms with Crippen molar-refractivity contribution in [3.63, 3.8) is 0 Å². The van der Waals surface area contributed by atoms with Gasteiger partial charge in [0.05, 0.1) is 17.6 Å². The third-order valence-corrected chi connectivity index (χ3v) is 2.57. The minimum atomic E-state index is -3.31. The van der Waals surface area contributed by atoms with E-state index in [0.717, 1.165) is 5.39 Å². The fraction of sp³-hybridized carbons (Fsp3) is 0.250. The summed E-state index contributed by atoms with van der Waals surface area (Å²) in [7, 11) is 0. The lowest BCUT2D eigenvalue weighted by molar-refractivity contribution is -0.0461. The summed E-state index contributed by atoms with van der Waals surface area (Å²) < 4.78 is 25.6. The van der Waals surface area contributed by atoms with Crippen LogP contribution in [-0.2, 0) is 0 Å². The number of halogens is 2. The lowest BCUT2D eigenvalue weighted by Gasteiger charge is -2.14. The van der Waals surface area contributed by atoms with Crippen molar-refractivity contribution in [1.82, 2.24) is 10.3 Å². The minimum Gasteiger partial charge on any atom is -0.390 e. The molecule has 0 saturated heterocycles. The number of para-hydroxylation sites is 1. The Morgan fingerprint density at radius 2 is 2.17 bits per heavy atom. The molecule has 6 heteroatoms. The van der Waals surface area contributed by atoms with E-state index in [0.29, 0.717) is 11.1 Å². The fourth-order valence-corrected chi connectivity index (χ4v) is 1.63. The van der Waals surface area contributed by atoms with Crippen molar-refractivity contribution in [2.45, 2.75) is 5.92 Å². The average molecular weight is 254 g/mol. The molecule has 0 aliphatic rings. The number of nitrogens with one attached hydrogen (secondary N) is 2. The maximum atomic E-state index is 12.8. The molecule has 18 heavy (non-hydrogen) atoms. The number of alkyl halides is 2. The van der Waals surface area contributed by atoms with E-state index < -0.39 is 25.0 Å². The largest absolute Gasteiger partial charge is 0.390 e. The van der Waals surface area contributed by atoms with Gasteiger partial charge in [0, 0.05) is 11.6 Å². The monoisotopic (exact) mass is 254 g/mol.